The number of hydrogen-bond acceptors (Lipinski definition) is 6. The number of nitrogens with zero attached hydrogens (tertiary/aromatic N) is 3. The normalized spacial score (nSPS) is 11.6. The van der Waals surface area contributed by atoms with Crippen molar-refractivity contribution in [1.82, 2.24) is 20.1 Å². The maximum Gasteiger partial charge on any atom is 0.234 e. The van der Waals surface area contributed by atoms with Crippen molar-refractivity contribution < 1.29 is 14.3 Å². The number of hydrogen-bond donors (Lipinski definition) is 2. The summed E-state index contributed by atoms with van der Waals surface area (Å²) in [5.41, 5.74) is 1.63. The van der Waals surface area contributed by atoms with Gasteiger partial charge in [-0.05, 0) is 55.8 Å². The maximum atomic E-state index is 12.5. The topological polar surface area (TPSA) is 98.1 Å². The van der Waals surface area contributed by atoms with Crippen LogP contribution in [0.1, 0.15) is 31.3 Å². The van der Waals surface area contributed by atoms with E-state index >= 15 is 0 Å². The van der Waals surface area contributed by atoms with Crippen molar-refractivity contribution in [3.05, 3.63) is 64.4 Å². The SMILES string of the molecule is CCn1c(SCC(=O)Nc2ccc(Br)cc2)nnc1C(C)NC(=O)Cc1ccc(OC)cc1. The van der Waals surface area contributed by atoms with Gasteiger partial charge in [-0.1, -0.05) is 39.8 Å². The van der Waals surface area contributed by atoms with E-state index in [0.29, 0.717) is 17.5 Å². The number of nitrogens with one attached hydrogen (secondary N) is 2. The Morgan fingerprint density at radius 3 is 2.42 bits per heavy atom. The lowest BCUT2D eigenvalue weighted by Crippen LogP contribution is -2.30. The van der Waals surface area contributed by atoms with Crippen molar-refractivity contribution in [2.24, 2.45) is 0 Å². The molecule has 3 aromatic rings. The van der Waals surface area contributed by atoms with Crippen molar-refractivity contribution in [2.45, 2.75) is 38.0 Å². The number of carbonyl (C=O) groups excluding carboxylic acids is 2. The summed E-state index contributed by atoms with van der Waals surface area (Å²) in [5, 5.41) is 15.0. The predicted octanol–water partition coefficient (Wildman–Crippen LogP) is 4.22. The first-order chi connectivity index (χ1) is 15.9. The second-order valence-electron chi connectivity index (χ2n) is 7.24. The first kappa shape index (κ1) is 24.8. The molecule has 8 nitrogen and oxygen atoms in total. The summed E-state index contributed by atoms with van der Waals surface area (Å²) in [7, 11) is 1.61. The molecule has 0 aliphatic carbocycles. The maximum absolute atomic E-state index is 12.5. The quantitative estimate of drug-likeness (QED) is 0.380. The van der Waals surface area contributed by atoms with Gasteiger partial charge in [0.2, 0.25) is 11.8 Å². The fourth-order valence-corrected chi connectivity index (χ4v) is 4.24. The lowest BCUT2D eigenvalue weighted by atomic mass is 10.1. The molecule has 0 saturated heterocycles. The molecule has 33 heavy (non-hydrogen) atoms. The molecule has 2 aromatic carbocycles. The minimum Gasteiger partial charge on any atom is -0.497 e. The van der Waals surface area contributed by atoms with Crippen LogP contribution in [0.15, 0.2) is 58.2 Å². The monoisotopic (exact) mass is 531 g/mol. The number of carbonyl (C=O) groups is 2. The Bertz CT molecular complexity index is 1090. The van der Waals surface area contributed by atoms with Crippen molar-refractivity contribution >= 4 is 45.2 Å². The van der Waals surface area contributed by atoms with Gasteiger partial charge in [-0.25, -0.2) is 0 Å². The van der Waals surface area contributed by atoms with Crippen LogP contribution in [0.5, 0.6) is 5.75 Å². The summed E-state index contributed by atoms with van der Waals surface area (Å²) in [6, 6.07) is 14.5. The highest BCUT2D eigenvalue weighted by Crippen LogP contribution is 2.21. The van der Waals surface area contributed by atoms with Gasteiger partial charge < -0.3 is 19.9 Å². The minimum absolute atomic E-state index is 0.110. The van der Waals surface area contributed by atoms with E-state index in [4.69, 9.17) is 4.74 Å². The van der Waals surface area contributed by atoms with Crippen molar-refractivity contribution in [3.63, 3.8) is 0 Å². The molecule has 0 spiro atoms. The average Bonchev–Trinajstić information content (AvgIpc) is 3.23. The van der Waals surface area contributed by atoms with Crippen LogP contribution in [0.3, 0.4) is 0 Å². The van der Waals surface area contributed by atoms with E-state index in [0.717, 1.165) is 21.5 Å². The van der Waals surface area contributed by atoms with E-state index in [1.165, 1.54) is 11.8 Å². The van der Waals surface area contributed by atoms with E-state index in [2.05, 4.69) is 36.8 Å². The Hall–Kier alpha value is -2.85. The molecule has 0 radical (unpaired) electrons. The molecule has 3 rings (SSSR count). The van der Waals surface area contributed by atoms with Crippen molar-refractivity contribution in [1.29, 1.82) is 0 Å². The van der Waals surface area contributed by atoms with Crippen LogP contribution >= 0.6 is 27.7 Å². The molecule has 2 amide bonds. The van der Waals surface area contributed by atoms with Crippen LogP contribution in [0.2, 0.25) is 0 Å². The van der Waals surface area contributed by atoms with Crippen LogP contribution in [0, 0.1) is 0 Å². The van der Waals surface area contributed by atoms with Gasteiger partial charge in [0.15, 0.2) is 11.0 Å². The lowest BCUT2D eigenvalue weighted by molar-refractivity contribution is -0.121. The number of aromatic nitrogens is 3. The highest BCUT2D eigenvalue weighted by molar-refractivity contribution is 9.10. The van der Waals surface area contributed by atoms with Gasteiger partial charge in [0, 0.05) is 16.7 Å². The molecule has 0 aliphatic rings. The fourth-order valence-electron chi connectivity index (χ4n) is 3.17. The van der Waals surface area contributed by atoms with Gasteiger partial charge in [-0.2, -0.15) is 0 Å². The second-order valence-corrected chi connectivity index (χ2v) is 9.10. The number of halogens is 1. The number of rotatable bonds is 10. The number of anilines is 1. The zero-order valence-electron chi connectivity index (χ0n) is 18.7. The number of thioether (sulfide) groups is 1. The van der Waals surface area contributed by atoms with E-state index in [9.17, 15) is 9.59 Å². The molecular formula is C23H26BrN5O3S. The molecule has 0 saturated carbocycles. The minimum atomic E-state index is -0.325. The predicted molar refractivity (Wildman–Crippen MR) is 132 cm³/mol. The van der Waals surface area contributed by atoms with E-state index in [1.54, 1.807) is 7.11 Å². The summed E-state index contributed by atoms with van der Waals surface area (Å²) in [6.07, 6.45) is 0.256. The Balaban J connectivity index is 1.56. The Kier molecular flexibility index (Phi) is 8.90. The van der Waals surface area contributed by atoms with Gasteiger partial charge >= 0.3 is 0 Å². The second kappa shape index (κ2) is 11.9. The number of amides is 2. The van der Waals surface area contributed by atoms with Crippen molar-refractivity contribution in [2.75, 3.05) is 18.2 Å². The third-order valence-electron chi connectivity index (χ3n) is 4.81. The molecule has 1 aromatic heterocycles. The van der Waals surface area contributed by atoms with Crippen LogP contribution < -0.4 is 15.4 Å². The average molecular weight is 532 g/mol. The molecule has 174 valence electrons. The Morgan fingerprint density at radius 2 is 1.79 bits per heavy atom. The highest BCUT2D eigenvalue weighted by Gasteiger charge is 2.20. The van der Waals surface area contributed by atoms with Gasteiger partial charge in [-0.15, -0.1) is 10.2 Å². The molecule has 1 heterocycles. The molecular weight excluding hydrogens is 506 g/mol. The number of benzene rings is 2. The Labute approximate surface area is 205 Å². The largest absolute Gasteiger partial charge is 0.497 e. The molecule has 1 atom stereocenters. The summed E-state index contributed by atoms with van der Waals surface area (Å²) in [5.74, 6) is 1.36. The van der Waals surface area contributed by atoms with Crippen LogP contribution in [-0.2, 0) is 22.6 Å². The summed E-state index contributed by atoms with van der Waals surface area (Å²) in [4.78, 5) is 24.8. The smallest absolute Gasteiger partial charge is 0.234 e. The van der Waals surface area contributed by atoms with Crippen LogP contribution in [-0.4, -0.2) is 39.4 Å². The Morgan fingerprint density at radius 1 is 1.09 bits per heavy atom. The van der Waals surface area contributed by atoms with E-state index in [-0.39, 0.29) is 30.0 Å². The lowest BCUT2D eigenvalue weighted by Gasteiger charge is -2.15. The molecule has 10 heteroatoms. The molecule has 0 fully saturated rings. The summed E-state index contributed by atoms with van der Waals surface area (Å²) < 4.78 is 8.01. The van der Waals surface area contributed by atoms with Gasteiger partial charge in [0.1, 0.15) is 5.75 Å². The number of ether oxygens (including phenoxy) is 1. The van der Waals surface area contributed by atoms with E-state index in [1.807, 2.05) is 66.9 Å². The van der Waals surface area contributed by atoms with Gasteiger partial charge in [0.25, 0.3) is 0 Å². The summed E-state index contributed by atoms with van der Waals surface area (Å²) in [6.45, 7) is 4.47. The summed E-state index contributed by atoms with van der Waals surface area (Å²) >= 11 is 4.68. The van der Waals surface area contributed by atoms with Crippen LogP contribution in [0.25, 0.3) is 0 Å². The van der Waals surface area contributed by atoms with Gasteiger partial charge in [0.05, 0.1) is 25.3 Å². The highest BCUT2D eigenvalue weighted by atomic mass is 79.9. The fraction of sp³-hybridized carbons (Fsp3) is 0.304. The van der Waals surface area contributed by atoms with Gasteiger partial charge in [-0.3, -0.25) is 9.59 Å². The third-order valence-corrected chi connectivity index (χ3v) is 6.31. The zero-order chi connectivity index (χ0) is 23.8. The standard InChI is InChI=1S/C23H26BrN5O3S/c1-4-29-22(15(2)25-20(30)13-16-5-11-19(32-3)12-6-16)27-28-23(29)33-14-21(31)26-18-9-7-17(24)8-10-18/h5-12,15H,4,13-14H2,1-3H3,(H,25,30)(H,26,31). The van der Waals surface area contributed by atoms with E-state index < -0.39 is 0 Å². The first-order valence-corrected chi connectivity index (χ1v) is 12.2. The van der Waals surface area contributed by atoms with Crippen molar-refractivity contribution in [3.8, 4) is 5.75 Å². The number of methoxy groups -OCH3 is 1. The first-order valence-electron chi connectivity index (χ1n) is 10.4. The molecule has 0 bridgehead atoms. The molecule has 1 unspecified atom stereocenters. The third kappa shape index (κ3) is 7.06. The molecule has 0 aliphatic heterocycles. The zero-order valence-corrected chi connectivity index (χ0v) is 21.1. The molecule has 2 N–H and O–H groups in total. The van der Waals surface area contributed by atoms with Crippen LogP contribution in [0.4, 0.5) is 5.69 Å².